The van der Waals surface area contributed by atoms with Crippen LogP contribution in [-0.4, -0.2) is 25.9 Å². The molecule has 33 heavy (non-hydrogen) atoms. The van der Waals surface area contributed by atoms with E-state index in [0.717, 1.165) is 11.1 Å². The molecule has 1 aliphatic rings. The molecule has 164 valence electrons. The third-order valence-electron chi connectivity index (χ3n) is 5.38. The zero-order valence-corrected chi connectivity index (χ0v) is 17.9. The summed E-state index contributed by atoms with van der Waals surface area (Å²) in [5.74, 6) is 0.275. The van der Waals surface area contributed by atoms with Crippen molar-refractivity contribution >= 4 is 16.9 Å². The summed E-state index contributed by atoms with van der Waals surface area (Å²) < 4.78 is 34.1. The van der Waals surface area contributed by atoms with Gasteiger partial charge in [0.25, 0.3) is 0 Å². The Morgan fingerprint density at radius 1 is 0.970 bits per heavy atom. The number of pyridine rings is 3. The number of hydrogen-bond donors (Lipinski definition) is 2. The predicted octanol–water partition coefficient (Wildman–Crippen LogP) is 5.35. The largest absolute Gasteiger partial charge is 0.455 e. The third kappa shape index (κ3) is 4.14. The Morgan fingerprint density at radius 3 is 2.61 bits per heavy atom. The van der Waals surface area contributed by atoms with Gasteiger partial charge in [0.2, 0.25) is 11.9 Å². The molecule has 0 aliphatic carbocycles. The maximum atomic E-state index is 14.3. The van der Waals surface area contributed by atoms with Crippen molar-refractivity contribution in [3.63, 3.8) is 0 Å². The van der Waals surface area contributed by atoms with Gasteiger partial charge in [-0.2, -0.15) is 8.78 Å². The third-order valence-corrected chi connectivity index (χ3v) is 6.19. The van der Waals surface area contributed by atoms with Gasteiger partial charge in [0.05, 0.1) is 11.9 Å². The molecule has 4 heterocycles. The van der Waals surface area contributed by atoms with Crippen molar-refractivity contribution in [1.82, 2.24) is 15.0 Å². The molecule has 5 rings (SSSR count). The van der Waals surface area contributed by atoms with E-state index in [1.54, 1.807) is 36.5 Å². The van der Waals surface area contributed by atoms with Crippen LogP contribution in [0, 0.1) is 17.3 Å². The van der Waals surface area contributed by atoms with Crippen molar-refractivity contribution in [2.45, 2.75) is 5.92 Å². The lowest BCUT2D eigenvalue weighted by Gasteiger charge is -2.28. The number of rotatable bonds is 4. The summed E-state index contributed by atoms with van der Waals surface area (Å²) in [5, 5.41) is 7.67. The van der Waals surface area contributed by atoms with Crippen molar-refractivity contribution in [3.05, 3.63) is 90.1 Å². The van der Waals surface area contributed by atoms with Crippen LogP contribution in [0.4, 0.5) is 8.78 Å². The number of hydrogen-bond acceptors (Lipinski definition) is 6. The number of halogens is 2. The van der Waals surface area contributed by atoms with Gasteiger partial charge in [-0.3, -0.25) is 10.4 Å². The van der Waals surface area contributed by atoms with E-state index in [1.165, 1.54) is 30.2 Å². The highest BCUT2D eigenvalue weighted by atomic mass is 32.2. The first-order valence-corrected chi connectivity index (χ1v) is 11.0. The van der Waals surface area contributed by atoms with Gasteiger partial charge >= 0.3 is 0 Å². The van der Waals surface area contributed by atoms with Gasteiger partial charge in [0, 0.05) is 52.4 Å². The number of nitrogens with one attached hydrogen (secondary N) is 1. The first kappa shape index (κ1) is 21.0. The van der Waals surface area contributed by atoms with Crippen molar-refractivity contribution < 1.29 is 13.5 Å². The minimum absolute atomic E-state index is 0.00969. The number of fused-ring (bicyclic) bond motifs is 2. The summed E-state index contributed by atoms with van der Waals surface area (Å²) in [6, 6.07) is 13.6. The van der Waals surface area contributed by atoms with Crippen LogP contribution in [0.25, 0.3) is 22.4 Å². The van der Waals surface area contributed by atoms with Crippen LogP contribution < -0.4 is 10.5 Å². The first-order chi connectivity index (χ1) is 16.0. The Morgan fingerprint density at radius 2 is 1.82 bits per heavy atom. The van der Waals surface area contributed by atoms with Gasteiger partial charge in [-0.1, -0.05) is 17.8 Å². The van der Waals surface area contributed by atoms with Gasteiger partial charge in [-0.15, -0.1) is 0 Å². The molecular formula is C24H17F2N5OS. The van der Waals surface area contributed by atoms with Crippen molar-refractivity contribution in [2.24, 2.45) is 5.73 Å². The highest BCUT2D eigenvalue weighted by molar-refractivity contribution is 8.13. The van der Waals surface area contributed by atoms with Gasteiger partial charge < -0.3 is 10.5 Å². The van der Waals surface area contributed by atoms with Gasteiger partial charge in [-0.25, -0.2) is 9.97 Å². The van der Waals surface area contributed by atoms with E-state index in [9.17, 15) is 8.78 Å². The molecule has 0 bridgehead atoms. The molecule has 6 nitrogen and oxygen atoms in total. The molecule has 1 unspecified atom stereocenters. The van der Waals surface area contributed by atoms with Gasteiger partial charge in [0.1, 0.15) is 11.5 Å². The van der Waals surface area contributed by atoms with E-state index in [1.807, 2.05) is 12.1 Å². The average Bonchev–Trinajstić information content (AvgIpc) is 2.81. The van der Waals surface area contributed by atoms with Crippen LogP contribution in [0.3, 0.4) is 0 Å². The zero-order valence-electron chi connectivity index (χ0n) is 17.1. The van der Waals surface area contributed by atoms with Crippen LogP contribution in [0.1, 0.15) is 17.0 Å². The van der Waals surface area contributed by atoms with Crippen LogP contribution >= 0.6 is 11.8 Å². The van der Waals surface area contributed by atoms with Gasteiger partial charge in [0.15, 0.2) is 5.17 Å². The number of amidine groups is 1. The number of thioether (sulfide) groups is 1. The van der Waals surface area contributed by atoms with E-state index < -0.39 is 11.9 Å². The molecule has 0 radical (unpaired) electrons. The molecule has 4 aromatic rings. The number of nitrogens with two attached hydrogens (primary N) is 1. The molecule has 0 saturated carbocycles. The number of aromatic nitrogens is 3. The van der Waals surface area contributed by atoms with E-state index in [0.29, 0.717) is 39.6 Å². The Balaban J connectivity index is 1.62. The van der Waals surface area contributed by atoms with Crippen molar-refractivity contribution in [2.75, 3.05) is 5.75 Å². The lowest BCUT2D eigenvalue weighted by Crippen LogP contribution is -2.16. The van der Waals surface area contributed by atoms with Gasteiger partial charge in [-0.05, 0) is 42.0 Å². The van der Waals surface area contributed by atoms with Crippen LogP contribution in [-0.2, 0) is 0 Å². The Hall–Kier alpha value is -3.85. The Kier molecular flexibility index (Phi) is 5.47. The minimum Gasteiger partial charge on any atom is -0.455 e. The molecule has 3 aromatic heterocycles. The smallest absolute Gasteiger partial charge is 0.220 e. The monoisotopic (exact) mass is 461 g/mol. The maximum Gasteiger partial charge on any atom is 0.220 e. The average molecular weight is 461 g/mol. The fraction of sp³-hybridized carbons (Fsp3) is 0.0833. The summed E-state index contributed by atoms with van der Waals surface area (Å²) in [7, 11) is 0. The minimum atomic E-state index is -0.597. The highest BCUT2D eigenvalue weighted by Gasteiger charge is 2.29. The zero-order chi connectivity index (χ0) is 22.9. The number of ether oxygens (including phenoxy) is 1. The molecule has 0 saturated heterocycles. The molecule has 1 aliphatic heterocycles. The summed E-state index contributed by atoms with van der Waals surface area (Å²) in [4.78, 5) is 11.8. The molecule has 1 aromatic carbocycles. The molecule has 3 N–H and O–H groups in total. The molecular weight excluding hydrogens is 444 g/mol. The SMILES string of the molecule is N=C(N)SCC1c2cc(-c3cccnc3F)ccc2Oc2cnc(-c3ccnc(F)c3)cc21. The first-order valence-electron chi connectivity index (χ1n) is 10.0. The van der Waals surface area contributed by atoms with E-state index in [2.05, 4.69) is 15.0 Å². The Labute approximate surface area is 192 Å². The van der Waals surface area contributed by atoms with Crippen molar-refractivity contribution in [3.8, 4) is 33.9 Å². The second-order valence-corrected chi connectivity index (χ2v) is 8.46. The normalized spacial score (nSPS) is 14.2. The lowest BCUT2D eigenvalue weighted by atomic mass is 9.87. The van der Waals surface area contributed by atoms with Crippen LogP contribution in [0.15, 0.2) is 67.1 Å². The van der Waals surface area contributed by atoms with E-state index in [4.69, 9.17) is 15.9 Å². The summed E-state index contributed by atoms with van der Waals surface area (Å²) in [6.45, 7) is 0. The summed E-state index contributed by atoms with van der Waals surface area (Å²) >= 11 is 1.20. The van der Waals surface area contributed by atoms with E-state index >= 15 is 0 Å². The second-order valence-electron chi connectivity index (χ2n) is 7.40. The second kappa shape index (κ2) is 8.59. The maximum absolute atomic E-state index is 14.3. The molecule has 1 atom stereocenters. The molecule has 0 fully saturated rings. The fourth-order valence-electron chi connectivity index (χ4n) is 3.86. The Bertz CT molecular complexity index is 1380. The van der Waals surface area contributed by atoms with Crippen molar-refractivity contribution in [1.29, 1.82) is 5.41 Å². The molecule has 9 heteroatoms. The molecule has 0 spiro atoms. The summed E-state index contributed by atoms with van der Waals surface area (Å²) in [5.41, 5.74) is 9.47. The quantitative estimate of drug-likeness (QED) is 0.242. The molecule has 0 amide bonds. The topological polar surface area (TPSA) is 97.8 Å². The predicted molar refractivity (Wildman–Crippen MR) is 123 cm³/mol. The number of benzene rings is 1. The van der Waals surface area contributed by atoms with Crippen LogP contribution in [0.5, 0.6) is 11.5 Å². The fourth-order valence-corrected chi connectivity index (χ4v) is 4.56. The standard InChI is InChI=1S/C24H17F2N5OS/c25-22-9-14(5-7-29-22)19-10-17-18(12-33-24(27)28)16-8-13(15-2-1-6-30-23(15)26)3-4-20(16)32-21(17)11-31-19/h1-11,18H,12H2,(H3,27,28). The highest BCUT2D eigenvalue weighted by Crippen LogP contribution is 2.47. The van der Waals surface area contributed by atoms with Crippen LogP contribution in [0.2, 0.25) is 0 Å². The summed E-state index contributed by atoms with van der Waals surface area (Å²) in [6.07, 6.45) is 4.39. The number of nitrogens with zero attached hydrogens (tertiary/aromatic N) is 3. The lowest BCUT2D eigenvalue weighted by molar-refractivity contribution is 0.448. The van der Waals surface area contributed by atoms with E-state index in [-0.39, 0.29) is 11.1 Å².